The van der Waals surface area contributed by atoms with Gasteiger partial charge in [0.1, 0.15) is 29.5 Å². The zero-order valence-corrected chi connectivity index (χ0v) is 28.3. The Balaban J connectivity index is 0.000000494. The van der Waals surface area contributed by atoms with Crippen molar-refractivity contribution in [3.8, 4) is 11.5 Å². The molecule has 0 bridgehead atoms. The summed E-state index contributed by atoms with van der Waals surface area (Å²) >= 11 is 6.40. The van der Waals surface area contributed by atoms with Crippen molar-refractivity contribution < 1.29 is 68.8 Å². The highest BCUT2D eigenvalue weighted by atomic mass is 35.5. The monoisotopic (exact) mass is 811 g/mol. The van der Waals surface area contributed by atoms with Crippen molar-refractivity contribution in [1.82, 2.24) is 24.8 Å². The number of fused-ring (bicyclic) bond motifs is 1. The van der Waals surface area contributed by atoms with E-state index in [0.717, 1.165) is 25.1 Å². The number of hydrogen-bond donors (Lipinski definition) is 5. The minimum atomic E-state index is -5.08. The summed E-state index contributed by atoms with van der Waals surface area (Å²) in [7, 11) is 0. The highest BCUT2D eigenvalue weighted by Crippen LogP contribution is 2.36. The normalized spacial score (nSPS) is 12.5. The SMILES string of the molecule is O=C(NCCCn1ccnc1)C1=Cc2c(ncnc2Nc2ccc(Oc3cccc(C(F)(F)F)c3)c(Cl)c2)NCC1.O=C(O)C(F)(F)F.O=C(O)C(F)(F)F. The number of aromatic nitrogens is 4. The van der Waals surface area contributed by atoms with E-state index in [9.17, 15) is 44.3 Å². The summed E-state index contributed by atoms with van der Waals surface area (Å²) in [6.07, 6.45) is -4.93. The molecule has 55 heavy (non-hydrogen) atoms. The Labute approximate surface area is 308 Å². The molecule has 0 radical (unpaired) electrons. The number of nitrogens with one attached hydrogen (secondary N) is 3. The number of carboxylic acids is 2. The van der Waals surface area contributed by atoms with Gasteiger partial charge in [0.25, 0.3) is 0 Å². The Morgan fingerprint density at radius 3 is 2.20 bits per heavy atom. The van der Waals surface area contributed by atoms with Gasteiger partial charge in [-0.3, -0.25) is 4.79 Å². The minimum absolute atomic E-state index is 0.00676. The van der Waals surface area contributed by atoms with Gasteiger partial charge in [-0.05, 0) is 55.3 Å². The fourth-order valence-electron chi connectivity index (χ4n) is 4.17. The molecule has 5 rings (SSSR count). The number of hydrogen-bond acceptors (Lipinski definition) is 9. The van der Waals surface area contributed by atoms with Gasteiger partial charge in [0.05, 0.1) is 22.5 Å². The zero-order valence-electron chi connectivity index (χ0n) is 27.6. The number of anilines is 3. The molecule has 1 aliphatic heterocycles. The molecule has 23 heteroatoms. The number of imidazole rings is 1. The molecule has 0 unspecified atom stereocenters. The molecule has 1 amide bonds. The first-order chi connectivity index (χ1) is 25.6. The quantitative estimate of drug-likeness (QED) is 0.0832. The Morgan fingerprint density at radius 2 is 1.62 bits per heavy atom. The van der Waals surface area contributed by atoms with Gasteiger partial charge in [0, 0.05) is 43.3 Å². The van der Waals surface area contributed by atoms with Crippen LogP contribution in [0.4, 0.5) is 56.8 Å². The molecule has 1 aliphatic rings. The number of aryl methyl sites for hydroxylation is 1. The predicted octanol–water partition coefficient (Wildman–Crippen LogP) is 7.55. The number of alkyl halides is 9. The fourth-order valence-corrected chi connectivity index (χ4v) is 4.39. The van der Waals surface area contributed by atoms with Crippen molar-refractivity contribution in [1.29, 1.82) is 0 Å². The number of carbonyl (C=O) groups is 3. The number of amides is 1. The maximum atomic E-state index is 13.0. The maximum absolute atomic E-state index is 13.0. The van der Waals surface area contributed by atoms with Crippen LogP contribution >= 0.6 is 11.6 Å². The largest absolute Gasteiger partial charge is 0.490 e. The third-order valence-corrected chi connectivity index (χ3v) is 6.98. The van der Waals surface area contributed by atoms with Crippen LogP contribution in [0.15, 0.2) is 73.1 Å². The Kier molecular flexibility index (Phi) is 14.8. The maximum Gasteiger partial charge on any atom is 0.490 e. The summed E-state index contributed by atoms with van der Waals surface area (Å²) in [4.78, 5) is 43.4. The molecule has 0 fully saturated rings. The lowest BCUT2D eigenvalue weighted by Gasteiger charge is -2.14. The van der Waals surface area contributed by atoms with Gasteiger partial charge < -0.3 is 35.5 Å². The highest BCUT2D eigenvalue weighted by molar-refractivity contribution is 6.32. The summed E-state index contributed by atoms with van der Waals surface area (Å²) in [5.41, 5.74) is 0.919. The van der Waals surface area contributed by atoms with Crippen LogP contribution in [0.2, 0.25) is 5.02 Å². The lowest BCUT2D eigenvalue weighted by Crippen LogP contribution is -2.27. The number of nitrogens with zero attached hydrogens (tertiary/aromatic N) is 4. The summed E-state index contributed by atoms with van der Waals surface area (Å²) in [5.74, 6) is -4.48. The molecule has 0 atom stereocenters. The lowest BCUT2D eigenvalue weighted by molar-refractivity contribution is -0.193. The van der Waals surface area contributed by atoms with E-state index in [1.54, 1.807) is 36.8 Å². The van der Waals surface area contributed by atoms with Crippen molar-refractivity contribution in [3.05, 3.63) is 89.2 Å². The van der Waals surface area contributed by atoms with Crippen LogP contribution in [0.1, 0.15) is 24.0 Å². The van der Waals surface area contributed by atoms with E-state index in [1.165, 1.54) is 18.5 Å². The molecule has 0 saturated heterocycles. The molecular weight excluding hydrogens is 785 g/mol. The van der Waals surface area contributed by atoms with Gasteiger partial charge in [-0.1, -0.05) is 17.7 Å². The van der Waals surface area contributed by atoms with E-state index >= 15 is 0 Å². The van der Waals surface area contributed by atoms with Crippen LogP contribution in [-0.4, -0.2) is 73.0 Å². The second-order valence-electron chi connectivity index (χ2n) is 10.7. The van der Waals surface area contributed by atoms with E-state index in [2.05, 4.69) is 30.9 Å². The molecule has 0 saturated carbocycles. The second-order valence-corrected chi connectivity index (χ2v) is 11.2. The van der Waals surface area contributed by atoms with Crippen molar-refractivity contribution in [2.24, 2.45) is 0 Å². The van der Waals surface area contributed by atoms with Crippen molar-refractivity contribution >= 4 is 52.8 Å². The highest BCUT2D eigenvalue weighted by Gasteiger charge is 2.39. The van der Waals surface area contributed by atoms with Crippen molar-refractivity contribution in [3.63, 3.8) is 0 Å². The Bertz CT molecular complexity index is 1950. The summed E-state index contributed by atoms with van der Waals surface area (Å²) in [5, 5.41) is 23.8. The third kappa shape index (κ3) is 14.0. The molecule has 3 heterocycles. The third-order valence-electron chi connectivity index (χ3n) is 6.69. The summed E-state index contributed by atoms with van der Waals surface area (Å²) in [6, 6.07) is 9.33. The van der Waals surface area contributed by atoms with Gasteiger partial charge in [0.15, 0.2) is 0 Å². The average Bonchev–Trinajstić information content (AvgIpc) is 3.51. The number of carboxylic acid groups (broad SMARTS) is 2. The van der Waals surface area contributed by atoms with Gasteiger partial charge in [-0.25, -0.2) is 24.5 Å². The molecular formula is C32H27ClF9N7O6. The molecule has 296 valence electrons. The van der Waals surface area contributed by atoms with E-state index in [1.807, 2.05) is 10.8 Å². The van der Waals surface area contributed by atoms with Crippen LogP contribution in [0.3, 0.4) is 0 Å². The zero-order chi connectivity index (χ0) is 41.0. The summed E-state index contributed by atoms with van der Waals surface area (Å²) in [6.45, 7) is 1.78. The fraction of sp³-hybridized carbons (Fsp3) is 0.250. The molecule has 2 aromatic carbocycles. The number of carbonyl (C=O) groups excluding carboxylic acids is 1. The first-order valence-electron chi connectivity index (χ1n) is 15.2. The van der Waals surface area contributed by atoms with Gasteiger partial charge >= 0.3 is 30.5 Å². The molecule has 0 aliphatic carbocycles. The van der Waals surface area contributed by atoms with Crippen LogP contribution < -0.4 is 20.7 Å². The summed E-state index contributed by atoms with van der Waals surface area (Å²) < 4.78 is 110. The smallest absolute Gasteiger partial charge is 0.475 e. The Morgan fingerprint density at radius 1 is 0.945 bits per heavy atom. The first kappa shape index (κ1) is 43.3. The van der Waals surface area contributed by atoms with E-state index in [0.29, 0.717) is 48.0 Å². The number of halogens is 10. The van der Waals surface area contributed by atoms with Crippen LogP contribution in [-0.2, 0) is 27.1 Å². The number of ether oxygens (including phenoxy) is 1. The average molecular weight is 812 g/mol. The van der Waals surface area contributed by atoms with E-state index < -0.39 is 36.0 Å². The predicted molar refractivity (Wildman–Crippen MR) is 177 cm³/mol. The molecule has 5 N–H and O–H groups in total. The van der Waals surface area contributed by atoms with E-state index in [4.69, 9.17) is 36.1 Å². The van der Waals surface area contributed by atoms with Gasteiger partial charge in [0.2, 0.25) is 5.91 Å². The van der Waals surface area contributed by atoms with Crippen LogP contribution in [0, 0.1) is 0 Å². The first-order valence-corrected chi connectivity index (χ1v) is 15.6. The molecule has 13 nitrogen and oxygen atoms in total. The molecule has 4 aromatic rings. The van der Waals surface area contributed by atoms with Crippen LogP contribution in [0.25, 0.3) is 6.08 Å². The number of benzene rings is 2. The topological polar surface area (TPSA) is 181 Å². The van der Waals surface area contributed by atoms with Crippen molar-refractivity contribution in [2.45, 2.75) is 37.9 Å². The minimum Gasteiger partial charge on any atom is -0.475 e. The molecule has 0 spiro atoms. The Hall–Kier alpha value is -6.06. The van der Waals surface area contributed by atoms with Gasteiger partial charge in [-0.15, -0.1) is 0 Å². The van der Waals surface area contributed by atoms with E-state index in [-0.39, 0.29) is 22.4 Å². The number of rotatable bonds is 9. The second kappa shape index (κ2) is 18.8. The number of aliphatic carboxylic acids is 2. The molecule has 2 aromatic heterocycles. The van der Waals surface area contributed by atoms with Crippen molar-refractivity contribution in [2.75, 3.05) is 23.7 Å². The van der Waals surface area contributed by atoms with Crippen LogP contribution in [0.5, 0.6) is 11.5 Å². The standard InChI is InChI=1S/C28H25ClF3N7O2.2C2HF3O2/c29-23-15-20(5-6-24(23)41-21-4-1-3-19(14-21)28(30,31)32)38-26-22-13-18(7-9-34-25(22)36-16-37-26)27(40)35-8-2-11-39-12-10-33-17-39;2*3-2(4,5)1(6)7/h1,3-6,10,12-17H,2,7-9,11H2,(H,35,40)(H2,34,36,37,38);2*(H,6,7). The van der Waals surface area contributed by atoms with Gasteiger partial charge in [-0.2, -0.15) is 39.5 Å². The lowest BCUT2D eigenvalue weighted by atomic mass is 10.1.